The van der Waals surface area contributed by atoms with Gasteiger partial charge in [0.05, 0.1) is 17.8 Å². The van der Waals surface area contributed by atoms with Gasteiger partial charge in [0.25, 0.3) is 5.69 Å². The van der Waals surface area contributed by atoms with E-state index in [1.807, 2.05) is 33.7 Å². The summed E-state index contributed by atoms with van der Waals surface area (Å²) < 4.78 is 15.4. The predicted molar refractivity (Wildman–Crippen MR) is 166 cm³/mol. The maximum atomic E-state index is 13.6. The number of nitro groups is 1. The molecule has 1 aliphatic heterocycles. The van der Waals surface area contributed by atoms with Crippen LogP contribution in [0.4, 0.5) is 32.3 Å². The summed E-state index contributed by atoms with van der Waals surface area (Å²) in [7, 11) is 0. The van der Waals surface area contributed by atoms with E-state index in [0.29, 0.717) is 72.9 Å². The topological polar surface area (TPSA) is 134 Å². The molecule has 0 spiro atoms. The van der Waals surface area contributed by atoms with Crippen molar-refractivity contribution in [2.45, 2.75) is 13.1 Å². The number of hydrogen-bond donors (Lipinski definition) is 2. The molecular weight excluding hydrogens is 589 g/mol. The number of amides is 2. The summed E-state index contributed by atoms with van der Waals surface area (Å²) in [4.78, 5) is 41.4. The molecule has 44 heavy (non-hydrogen) atoms. The summed E-state index contributed by atoms with van der Waals surface area (Å²) in [6.07, 6.45) is 1.67. The Labute approximate surface area is 256 Å². The van der Waals surface area contributed by atoms with Crippen LogP contribution in [0.3, 0.4) is 0 Å². The summed E-state index contributed by atoms with van der Waals surface area (Å²) >= 11 is 6.39. The number of benzene rings is 3. The fourth-order valence-electron chi connectivity index (χ4n) is 4.93. The predicted octanol–water partition coefficient (Wildman–Crippen LogP) is 5.54. The monoisotopic (exact) mass is 615 g/mol. The van der Waals surface area contributed by atoms with Crippen molar-refractivity contribution in [1.82, 2.24) is 24.4 Å². The fourth-order valence-corrected chi connectivity index (χ4v) is 5.13. The minimum absolute atomic E-state index is 0.0173. The molecule has 3 aromatic carbocycles. The number of nitro benzene ring substituents is 1. The van der Waals surface area contributed by atoms with Crippen molar-refractivity contribution in [3.8, 4) is 0 Å². The third-order valence-electron chi connectivity index (χ3n) is 7.28. The summed E-state index contributed by atoms with van der Waals surface area (Å²) in [5, 5.41) is 17.8. The standard InChI is InChI=1S/C30H27ClFN9O3/c31-25-7-2-1-4-21(25)17-33-27-26-28(40(19-34-26)18-20-8-10-24(11-9-20)41(43)44)37-29(36-27)38-12-14-39(15-13-38)30(42)35-23-6-3-5-22(32)16-23/h1-11,16,19H,12-15,17-18H2,(H,35,42)(H,33,36,37). The number of fused-ring (bicyclic) bond motifs is 1. The van der Waals surface area contributed by atoms with E-state index < -0.39 is 10.7 Å². The largest absolute Gasteiger partial charge is 0.364 e. The van der Waals surface area contributed by atoms with Crippen molar-refractivity contribution in [2.24, 2.45) is 0 Å². The minimum Gasteiger partial charge on any atom is -0.364 e. The number of aromatic nitrogens is 4. The van der Waals surface area contributed by atoms with Crippen molar-refractivity contribution < 1.29 is 14.1 Å². The van der Waals surface area contributed by atoms with Crippen LogP contribution in [0.25, 0.3) is 11.2 Å². The van der Waals surface area contributed by atoms with Crippen molar-refractivity contribution in [3.05, 3.63) is 111 Å². The maximum Gasteiger partial charge on any atom is 0.321 e. The number of rotatable bonds is 8. The van der Waals surface area contributed by atoms with E-state index in [-0.39, 0.29) is 11.7 Å². The SMILES string of the molecule is O=C(Nc1cccc(F)c1)N1CCN(c2nc(NCc3ccccc3Cl)c3ncn(Cc4ccc([N+](=O)[O-])cc4)c3n2)CC1. The molecule has 1 aliphatic rings. The zero-order valence-corrected chi connectivity index (χ0v) is 24.1. The van der Waals surface area contributed by atoms with Crippen molar-refractivity contribution in [1.29, 1.82) is 0 Å². The number of halogens is 2. The van der Waals surface area contributed by atoms with Gasteiger partial charge in [0.2, 0.25) is 5.95 Å². The number of anilines is 3. The zero-order chi connectivity index (χ0) is 30.6. The van der Waals surface area contributed by atoms with E-state index in [1.54, 1.807) is 35.5 Å². The lowest BCUT2D eigenvalue weighted by Gasteiger charge is -2.34. The number of piperazine rings is 1. The third-order valence-corrected chi connectivity index (χ3v) is 7.65. The van der Waals surface area contributed by atoms with Crippen LogP contribution < -0.4 is 15.5 Å². The van der Waals surface area contributed by atoms with Gasteiger partial charge in [-0.15, -0.1) is 0 Å². The first kappa shape index (κ1) is 28.8. The molecule has 0 radical (unpaired) electrons. The molecule has 224 valence electrons. The van der Waals surface area contributed by atoms with Gasteiger partial charge in [0.15, 0.2) is 17.0 Å². The van der Waals surface area contributed by atoms with E-state index in [9.17, 15) is 19.3 Å². The van der Waals surface area contributed by atoms with Crippen LogP contribution in [0.2, 0.25) is 5.02 Å². The quantitative estimate of drug-likeness (QED) is 0.172. The maximum absolute atomic E-state index is 13.6. The summed E-state index contributed by atoms with van der Waals surface area (Å²) in [5.41, 5.74) is 3.30. The van der Waals surface area contributed by atoms with Gasteiger partial charge >= 0.3 is 6.03 Å². The van der Waals surface area contributed by atoms with Crippen molar-refractivity contribution in [3.63, 3.8) is 0 Å². The van der Waals surface area contributed by atoms with E-state index in [0.717, 1.165) is 11.1 Å². The van der Waals surface area contributed by atoms with Crippen LogP contribution in [0, 0.1) is 15.9 Å². The Hall–Kier alpha value is -5.30. The number of hydrogen-bond acceptors (Lipinski definition) is 8. The highest BCUT2D eigenvalue weighted by atomic mass is 35.5. The van der Waals surface area contributed by atoms with E-state index in [1.165, 1.54) is 24.3 Å². The summed E-state index contributed by atoms with van der Waals surface area (Å²) in [5.74, 6) is 0.570. The van der Waals surface area contributed by atoms with Gasteiger partial charge in [-0.05, 0) is 35.4 Å². The zero-order valence-electron chi connectivity index (χ0n) is 23.4. The normalized spacial score (nSPS) is 13.2. The second-order valence-corrected chi connectivity index (χ2v) is 10.6. The van der Waals surface area contributed by atoms with E-state index in [4.69, 9.17) is 21.6 Å². The number of non-ortho nitro benzene ring substituents is 1. The molecule has 0 bridgehead atoms. The first-order chi connectivity index (χ1) is 21.3. The smallest absolute Gasteiger partial charge is 0.321 e. The lowest BCUT2D eigenvalue weighted by atomic mass is 10.2. The molecule has 0 saturated carbocycles. The number of urea groups is 1. The molecule has 0 aliphatic carbocycles. The Balaban J connectivity index is 1.24. The van der Waals surface area contributed by atoms with Gasteiger partial charge < -0.3 is 25.0 Å². The molecule has 5 aromatic rings. The van der Waals surface area contributed by atoms with Crippen LogP contribution in [0.15, 0.2) is 79.1 Å². The van der Waals surface area contributed by atoms with Crippen molar-refractivity contribution >= 4 is 51.9 Å². The Bertz CT molecular complexity index is 1820. The van der Waals surface area contributed by atoms with Crippen LogP contribution in [0.5, 0.6) is 0 Å². The third kappa shape index (κ3) is 6.37. The number of nitrogens with zero attached hydrogens (tertiary/aromatic N) is 7. The van der Waals surface area contributed by atoms with Gasteiger partial charge in [-0.25, -0.2) is 14.2 Å². The van der Waals surface area contributed by atoms with Gasteiger partial charge in [-0.3, -0.25) is 10.1 Å². The molecule has 2 N–H and O–H groups in total. The molecule has 2 aromatic heterocycles. The molecule has 6 rings (SSSR count). The summed E-state index contributed by atoms with van der Waals surface area (Å²) in [6, 6.07) is 19.3. The highest BCUT2D eigenvalue weighted by molar-refractivity contribution is 6.31. The van der Waals surface area contributed by atoms with Crippen LogP contribution in [-0.4, -0.2) is 61.6 Å². The first-order valence-corrected chi connectivity index (χ1v) is 14.2. The Morgan fingerprint density at radius 2 is 1.77 bits per heavy atom. The van der Waals surface area contributed by atoms with E-state index >= 15 is 0 Å². The molecule has 1 fully saturated rings. The minimum atomic E-state index is -0.433. The Morgan fingerprint density at radius 1 is 1.00 bits per heavy atom. The molecular formula is C30H27ClFN9O3. The molecule has 2 amide bonds. The molecule has 12 nitrogen and oxygen atoms in total. The second kappa shape index (κ2) is 12.5. The fraction of sp³-hybridized carbons (Fsp3) is 0.200. The highest BCUT2D eigenvalue weighted by Crippen LogP contribution is 2.26. The van der Waals surface area contributed by atoms with Crippen LogP contribution in [0.1, 0.15) is 11.1 Å². The molecule has 0 atom stereocenters. The first-order valence-electron chi connectivity index (χ1n) is 13.8. The molecule has 14 heteroatoms. The lowest BCUT2D eigenvalue weighted by molar-refractivity contribution is -0.384. The number of imidazole rings is 1. The van der Waals surface area contributed by atoms with Crippen LogP contribution >= 0.6 is 11.6 Å². The Morgan fingerprint density at radius 3 is 2.50 bits per heavy atom. The van der Waals surface area contributed by atoms with Gasteiger partial charge in [0, 0.05) is 55.6 Å². The highest BCUT2D eigenvalue weighted by Gasteiger charge is 2.25. The number of carbonyl (C=O) groups is 1. The molecule has 3 heterocycles. The average molecular weight is 616 g/mol. The van der Waals surface area contributed by atoms with Gasteiger partial charge in [-0.1, -0.05) is 48.0 Å². The van der Waals surface area contributed by atoms with Crippen LogP contribution in [-0.2, 0) is 13.1 Å². The van der Waals surface area contributed by atoms with Gasteiger partial charge in [-0.2, -0.15) is 9.97 Å². The lowest BCUT2D eigenvalue weighted by Crippen LogP contribution is -2.50. The van der Waals surface area contributed by atoms with Crippen molar-refractivity contribution in [2.75, 3.05) is 41.7 Å². The summed E-state index contributed by atoms with van der Waals surface area (Å²) in [6.45, 7) is 2.57. The number of nitrogens with one attached hydrogen (secondary N) is 2. The Kier molecular flexibility index (Phi) is 8.19. The van der Waals surface area contributed by atoms with E-state index in [2.05, 4.69) is 15.6 Å². The van der Waals surface area contributed by atoms with Gasteiger partial charge in [0.1, 0.15) is 5.82 Å². The molecule has 1 saturated heterocycles. The average Bonchev–Trinajstić information content (AvgIpc) is 3.43. The number of carbonyl (C=O) groups excluding carboxylic acids is 1. The second-order valence-electron chi connectivity index (χ2n) is 10.2. The molecule has 0 unspecified atom stereocenters.